The van der Waals surface area contributed by atoms with Gasteiger partial charge >= 0.3 is 0 Å². The minimum absolute atomic E-state index is 0. The first-order chi connectivity index (χ1) is 10.5. The van der Waals surface area contributed by atoms with Gasteiger partial charge in [-0.25, -0.2) is 4.99 Å². The van der Waals surface area contributed by atoms with Crippen molar-refractivity contribution in [2.45, 2.75) is 40.3 Å². The van der Waals surface area contributed by atoms with E-state index in [1.165, 1.54) is 0 Å². The number of amides is 1. The summed E-state index contributed by atoms with van der Waals surface area (Å²) in [5.74, 6) is 1.25. The summed E-state index contributed by atoms with van der Waals surface area (Å²) in [5, 5.41) is 9.28. The van der Waals surface area contributed by atoms with Crippen molar-refractivity contribution < 1.29 is 4.79 Å². The van der Waals surface area contributed by atoms with Gasteiger partial charge in [-0.3, -0.25) is 4.79 Å². The minimum atomic E-state index is -0.0794. The Hall–Kier alpha value is -1.31. The highest BCUT2D eigenvalue weighted by atomic mass is 127. The molecule has 1 unspecified atom stereocenters. The number of nitrogens with one attached hydrogen (secondary N) is 3. The molecule has 3 N–H and O–H groups in total. The predicted octanol–water partition coefficient (Wildman–Crippen LogP) is 2.76. The first-order valence-corrected chi connectivity index (χ1v) is 7.83. The summed E-state index contributed by atoms with van der Waals surface area (Å²) in [7, 11) is 1.63. The molecule has 0 saturated heterocycles. The molecule has 1 rings (SSSR count). The highest BCUT2D eigenvalue weighted by Crippen LogP contribution is 2.07. The van der Waals surface area contributed by atoms with Gasteiger partial charge in [-0.1, -0.05) is 26.0 Å². The molecule has 130 valence electrons. The van der Waals surface area contributed by atoms with Crippen molar-refractivity contribution in [3.8, 4) is 0 Å². The normalized spacial score (nSPS) is 12.3. The first kappa shape index (κ1) is 21.7. The number of rotatable bonds is 6. The zero-order chi connectivity index (χ0) is 16.5. The van der Waals surface area contributed by atoms with E-state index in [4.69, 9.17) is 0 Å². The molecule has 0 bridgehead atoms. The molecule has 1 amide bonds. The van der Waals surface area contributed by atoms with E-state index in [1.807, 2.05) is 25.1 Å². The molecule has 5 nitrogen and oxygen atoms in total. The van der Waals surface area contributed by atoms with Crippen LogP contribution in [0.3, 0.4) is 0 Å². The third kappa shape index (κ3) is 7.67. The van der Waals surface area contributed by atoms with Gasteiger partial charge in [0.15, 0.2) is 5.96 Å². The average molecular weight is 432 g/mol. The molecule has 23 heavy (non-hydrogen) atoms. The van der Waals surface area contributed by atoms with E-state index in [9.17, 15) is 4.79 Å². The number of nitrogens with zero attached hydrogens (tertiary/aromatic N) is 1. The Balaban J connectivity index is 0.00000484. The van der Waals surface area contributed by atoms with E-state index >= 15 is 0 Å². The number of carbonyl (C=O) groups is 1. The smallest absolute Gasteiger partial charge is 0.251 e. The highest BCUT2D eigenvalue weighted by molar-refractivity contribution is 14.0. The van der Waals surface area contributed by atoms with E-state index in [0.29, 0.717) is 24.1 Å². The van der Waals surface area contributed by atoms with Crippen LogP contribution in [0.1, 0.15) is 43.6 Å². The van der Waals surface area contributed by atoms with Crippen LogP contribution in [0.4, 0.5) is 0 Å². The van der Waals surface area contributed by atoms with Crippen LogP contribution in [0.5, 0.6) is 0 Å². The molecule has 0 radical (unpaired) electrons. The highest BCUT2D eigenvalue weighted by Gasteiger charge is 2.09. The standard InChI is InChI=1S/C17H28N4O.HI/c1-6-19-17(21-13(4)12(2)3)20-11-14-8-7-9-15(10-14)16(22)18-5;/h7-10,12-13H,6,11H2,1-5H3,(H,18,22)(H2,19,20,21);1H. The van der Waals surface area contributed by atoms with Crippen LogP contribution < -0.4 is 16.0 Å². The van der Waals surface area contributed by atoms with Crippen molar-refractivity contribution in [2.24, 2.45) is 10.9 Å². The van der Waals surface area contributed by atoms with Crippen molar-refractivity contribution >= 4 is 35.8 Å². The summed E-state index contributed by atoms with van der Waals surface area (Å²) in [4.78, 5) is 16.3. The average Bonchev–Trinajstić information content (AvgIpc) is 2.52. The fourth-order valence-electron chi connectivity index (χ4n) is 1.83. The molecule has 0 heterocycles. The number of carbonyl (C=O) groups excluding carboxylic acids is 1. The summed E-state index contributed by atoms with van der Waals surface area (Å²) in [6, 6.07) is 7.88. The molecule has 0 spiro atoms. The van der Waals surface area contributed by atoms with Crippen molar-refractivity contribution in [1.29, 1.82) is 0 Å². The number of benzene rings is 1. The van der Waals surface area contributed by atoms with Crippen LogP contribution in [0.15, 0.2) is 29.3 Å². The van der Waals surface area contributed by atoms with Gasteiger partial charge in [-0.2, -0.15) is 0 Å². The molecular weight excluding hydrogens is 403 g/mol. The van der Waals surface area contributed by atoms with Gasteiger partial charge in [-0.15, -0.1) is 24.0 Å². The SMILES string of the molecule is CCNC(=NCc1cccc(C(=O)NC)c1)NC(C)C(C)C.I. The first-order valence-electron chi connectivity index (χ1n) is 7.83. The predicted molar refractivity (Wildman–Crippen MR) is 107 cm³/mol. The molecule has 0 aliphatic heterocycles. The van der Waals surface area contributed by atoms with Gasteiger partial charge < -0.3 is 16.0 Å². The maximum Gasteiger partial charge on any atom is 0.251 e. The van der Waals surface area contributed by atoms with E-state index in [2.05, 4.69) is 41.7 Å². The number of halogens is 1. The van der Waals surface area contributed by atoms with Gasteiger partial charge in [0.1, 0.15) is 0 Å². The van der Waals surface area contributed by atoms with E-state index < -0.39 is 0 Å². The van der Waals surface area contributed by atoms with Crippen LogP contribution in [0, 0.1) is 5.92 Å². The van der Waals surface area contributed by atoms with Gasteiger partial charge in [-0.05, 0) is 37.5 Å². The maximum atomic E-state index is 11.7. The Labute approximate surface area is 156 Å². The third-order valence-corrected chi connectivity index (χ3v) is 3.54. The zero-order valence-corrected chi connectivity index (χ0v) is 17.0. The molecule has 0 fully saturated rings. The fraction of sp³-hybridized carbons (Fsp3) is 0.529. The molecule has 0 saturated carbocycles. The lowest BCUT2D eigenvalue weighted by molar-refractivity contribution is 0.0963. The summed E-state index contributed by atoms with van der Waals surface area (Å²) in [6.45, 7) is 9.88. The zero-order valence-electron chi connectivity index (χ0n) is 14.6. The van der Waals surface area contributed by atoms with E-state index in [0.717, 1.165) is 18.1 Å². The summed E-state index contributed by atoms with van der Waals surface area (Å²) >= 11 is 0. The topological polar surface area (TPSA) is 65.5 Å². The molecule has 1 aromatic carbocycles. The second kappa shape index (κ2) is 11.3. The Morgan fingerprint density at radius 2 is 1.96 bits per heavy atom. The Morgan fingerprint density at radius 1 is 1.26 bits per heavy atom. The minimum Gasteiger partial charge on any atom is -0.357 e. The Kier molecular flexibility index (Phi) is 10.6. The van der Waals surface area contributed by atoms with Gasteiger partial charge in [0.05, 0.1) is 6.54 Å². The van der Waals surface area contributed by atoms with Crippen molar-refractivity contribution in [3.63, 3.8) is 0 Å². The second-order valence-corrected chi connectivity index (χ2v) is 5.65. The second-order valence-electron chi connectivity index (χ2n) is 5.65. The largest absolute Gasteiger partial charge is 0.357 e. The lowest BCUT2D eigenvalue weighted by Crippen LogP contribution is -2.44. The number of guanidine groups is 1. The third-order valence-electron chi connectivity index (χ3n) is 3.54. The lowest BCUT2D eigenvalue weighted by atomic mass is 10.1. The Morgan fingerprint density at radius 3 is 2.52 bits per heavy atom. The summed E-state index contributed by atoms with van der Waals surface area (Å²) in [6.07, 6.45) is 0. The van der Waals surface area contributed by atoms with Crippen LogP contribution in [-0.2, 0) is 6.54 Å². The molecule has 6 heteroatoms. The van der Waals surface area contributed by atoms with Gasteiger partial charge in [0.25, 0.3) is 5.91 Å². The summed E-state index contributed by atoms with van der Waals surface area (Å²) < 4.78 is 0. The van der Waals surface area contributed by atoms with Crippen LogP contribution >= 0.6 is 24.0 Å². The van der Waals surface area contributed by atoms with E-state index in [1.54, 1.807) is 13.1 Å². The molecule has 0 aliphatic rings. The van der Waals surface area contributed by atoms with Crippen LogP contribution in [0.25, 0.3) is 0 Å². The number of hydrogen-bond donors (Lipinski definition) is 3. The van der Waals surface area contributed by atoms with Crippen molar-refractivity contribution in [1.82, 2.24) is 16.0 Å². The molecule has 1 aromatic rings. The molecule has 0 aliphatic carbocycles. The quantitative estimate of drug-likeness (QED) is 0.368. The van der Waals surface area contributed by atoms with E-state index in [-0.39, 0.29) is 29.9 Å². The number of aliphatic imine (C=N–C) groups is 1. The maximum absolute atomic E-state index is 11.7. The fourth-order valence-corrected chi connectivity index (χ4v) is 1.83. The van der Waals surface area contributed by atoms with Crippen molar-refractivity contribution in [3.05, 3.63) is 35.4 Å². The molecule has 1 atom stereocenters. The number of hydrogen-bond acceptors (Lipinski definition) is 2. The molecular formula is C17H29IN4O. The van der Waals surface area contributed by atoms with Gasteiger partial charge in [0, 0.05) is 25.2 Å². The van der Waals surface area contributed by atoms with Crippen LogP contribution in [0.2, 0.25) is 0 Å². The lowest BCUT2D eigenvalue weighted by Gasteiger charge is -2.20. The summed E-state index contributed by atoms with van der Waals surface area (Å²) in [5.41, 5.74) is 1.67. The van der Waals surface area contributed by atoms with Crippen molar-refractivity contribution in [2.75, 3.05) is 13.6 Å². The Bertz CT molecular complexity index is 517. The van der Waals surface area contributed by atoms with Crippen LogP contribution in [-0.4, -0.2) is 31.5 Å². The van der Waals surface area contributed by atoms with Gasteiger partial charge in [0.2, 0.25) is 0 Å². The monoisotopic (exact) mass is 432 g/mol. The molecule has 0 aromatic heterocycles.